The third kappa shape index (κ3) is 3.12. The molecule has 28 heavy (non-hydrogen) atoms. The number of ether oxygens (including phenoxy) is 1. The van der Waals surface area contributed by atoms with Gasteiger partial charge in [0.25, 0.3) is 0 Å². The Kier molecular flexibility index (Phi) is 5.36. The van der Waals surface area contributed by atoms with Crippen molar-refractivity contribution in [2.24, 2.45) is 28.6 Å². The molecule has 6 atom stereocenters. The molecule has 0 aliphatic heterocycles. The Hall–Kier alpha value is -1.30. The molecular weight excluding hydrogens is 356 g/mol. The molecule has 0 amide bonds. The number of carbonyl (C=O) groups is 2. The highest BCUT2D eigenvalue weighted by atomic mass is 17.2. The zero-order chi connectivity index (χ0) is 19.9. The highest BCUT2D eigenvalue weighted by Gasteiger charge is 2.61. The molecule has 3 unspecified atom stereocenters. The molecule has 3 fully saturated rings. The van der Waals surface area contributed by atoms with E-state index in [1.165, 1.54) is 5.57 Å². The number of allylic oxidation sites excluding steroid dienone is 1. The molecule has 0 bridgehead atoms. The van der Waals surface area contributed by atoms with E-state index in [0.29, 0.717) is 36.9 Å². The van der Waals surface area contributed by atoms with Gasteiger partial charge in [0.2, 0.25) is 0 Å². The molecule has 0 saturated heterocycles. The van der Waals surface area contributed by atoms with E-state index < -0.39 is 0 Å². The number of rotatable bonds is 6. The maximum atomic E-state index is 13.2. The Morgan fingerprint density at radius 3 is 2.68 bits per heavy atom. The predicted octanol–water partition coefficient (Wildman–Crippen LogP) is 4.17. The average molecular weight is 389 g/mol. The lowest BCUT2D eigenvalue weighted by Gasteiger charge is -2.56. The first-order valence-corrected chi connectivity index (χ1v) is 10.6. The van der Waals surface area contributed by atoms with Gasteiger partial charge in [0, 0.05) is 24.2 Å². The SMILES string of the molecule is C=CCOCOO[C@@H]1C=C2CC(=O)C3C(CC[C@]4(C)C(=O)CCC34)[C@@]2(C)CC1. The molecule has 4 rings (SSSR count). The molecular formula is C23H32O5. The largest absolute Gasteiger partial charge is 0.348 e. The topological polar surface area (TPSA) is 61.8 Å². The van der Waals surface area contributed by atoms with Crippen LogP contribution in [0.5, 0.6) is 0 Å². The lowest BCUT2D eigenvalue weighted by atomic mass is 9.47. The van der Waals surface area contributed by atoms with Crippen LogP contribution in [0.25, 0.3) is 0 Å². The minimum Gasteiger partial charge on any atom is -0.348 e. The molecule has 3 saturated carbocycles. The number of hydrogen-bond acceptors (Lipinski definition) is 5. The van der Waals surface area contributed by atoms with Crippen molar-refractivity contribution in [2.45, 2.75) is 64.9 Å². The maximum absolute atomic E-state index is 13.2. The summed E-state index contributed by atoms with van der Waals surface area (Å²) in [5, 5.41) is 0. The number of ketones is 2. The maximum Gasteiger partial charge on any atom is 0.181 e. The van der Waals surface area contributed by atoms with Crippen LogP contribution in [0.3, 0.4) is 0 Å². The van der Waals surface area contributed by atoms with Crippen molar-refractivity contribution in [1.29, 1.82) is 0 Å². The molecule has 154 valence electrons. The fourth-order valence-electron chi connectivity index (χ4n) is 6.52. The molecule has 0 radical (unpaired) electrons. The Morgan fingerprint density at radius 1 is 1.14 bits per heavy atom. The van der Waals surface area contributed by atoms with E-state index in [9.17, 15) is 9.59 Å². The van der Waals surface area contributed by atoms with Gasteiger partial charge in [-0.1, -0.05) is 31.6 Å². The van der Waals surface area contributed by atoms with Crippen LogP contribution in [0.1, 0.15) is 58.8 Å². The molecule has 4 aliphatic rings. The zero-order valence-corrected chi connectivity index (χ0v) is 17.1. The van der Waals surface area contributed by atoms with Crippen LogP contribution < -0.4 is 0 Å². The van der Waals surface area contributed by atoms with Crippen LogP contribution in [0.15, 0.2) is 24.3 Å². The summed E-state index contributed by atoms with van der Waals surface area (Å²) < 4.78 is 5.18. The van der Waals surface area contributed by atoms with Gasteiger partial charge in [-0.25, -0.2) is 9.78 Å². The molecule has 0 aromatic heterocycles. The van der Waals surface area contributed by atoms with Gasteiger partial charge < -0.3 is 4.74 Å². The molecule has 0 spiro atoms. The van der Waals surface area contributed by atoms with Crippen molar-refractivity contribution in [3.63, 3.8) is 0 Å². The summed E-state index contributed by atoms with van der Waals surface area (Å²) in [4.78, 5) is 36.4. The highest BCUT2D eigenvalue weighted by molar-refractivity contribution is 5.91. The zero-order valence-electron chi connectivity index (χ0n) is 17.1. The summed E-state index contributed by atoms with van der Waals surface area (Å²) in [6.07, 6.45) is 9.43. The second-order valence-electron chi connectivity index (χ2n) is 9.48. The molecule has 0 aromatic carbocycles. The highest BCUT2D eigenvalue weighted by Crippen LogP contribution is 2.63. The van der Waals surface area contributed by atoms with E-state index >= 15 is 0 Å². The first-order chi connectivity index (χ1) is 13.4. The summed E-state index contributed by atoms with van der Waals surface area (Å²) in [5.41, 5.74) is 0.970. The van der Waals surface area contributed by atoms with Crippen molar-refractivity contribution >= 4 is 11.6 Å². The van der Waals surface area contributed by atoms with Crippen molar-refractivity contribution in [3.05, 3.63) is 24.3 Å². The van der Waals surface area contributed by atoms with Crippen molar-refractivity contribution in [3.8, 4) is 0 Å². The van der Waals surface area contributed by atoms with Gasteiger partial charge in [-0.2, -0.15) is 0 Å². The standard InChI is InChI=1S/C23H32O5/c1-4-11-26-14-27-28-16-7-9-22(2)15(12-16)13-19(24)21-17-5-6-20(25)23(17,3)10-8-18(21)22/h4,12,16-18,21H,1,5-11,13-14H2,2-3H3/t16-,17?,18?,21?,22-,23-/m0/s1. The summed E-state index contributed by atoms with van der Waals surface area (Å²) >= 11 is 0. The summed E-state index contributed by atoms with van der Waals surface area (Å²) in [5.74, 6) is 1.34. The lowest BCUT2D eigenvalue weighted by molar-refractivity contribution is -0.353. The minimum atomic E-state index is -0.270. The van der Waals surface area contributed by atoms with Gasteiger partial charge in [0.15, 0.2) is 6.79 Å². The van der Waals surface area contributed by atoms with Crippen LogP contribution in [-0.4, -0.2) is 31.1 Å². The molecule has 4 aliphatic carbocycles. The Balaban J connectivity index is 1.49. The van der Waals surface area contributed by atoms with E-state index in [-0.39, 0.29) is 35.6 Å². The fraction of sp³-hybridized carbons (Fsp3) is 0.739. The van der Waals surface area contributed by atoms with Crippen LogP contribution in [0, 0.1) is 28.6 Å². The first kappa shape index (κ1) is 20.0. The van der Waals surface area contributed by atoms with Crippen molar-refractivity contribution in [2.75, 3.05) is 13.4 Å². The molecule has 0 heterocycles. The van der Waals surface area contributed by atoms with Crippen LogP contribution in [0.4, 0.5) is 0 Å². The number of Topliss-reactive ketones (excluding diaryl/α,β-unsaturated/α-hetero) is 2. The second-order valence-corrected chi connectivity index (χ2v) is 9.48. The number of hydrogen-bond donors (Lipinski definition) is 0. The average Bonchev–Trinajstić information content (AvgIpc) is 2.97. The first-order valence-electron chi connectivity index (χ1n) is 10.6. The van der Waals surface area contributed by atoms with E-state index in [4.69, 9.17) is 14.5 Å². The molecule has 5 heteroatoms. The van der Waals surface area contributed by atoms with Crippen LogP contribution >= 0.6 is 0 Å². The van der Waals surface area contributed by atoms with Crippen LogP contribution in [-0.2, 0) is 24.1 Å². The number of carbonyl (C=O) groups excluding carboxylic acids is 2. The second kappa shape index (κ2) is 7.51. The van der Waals surface area contributed by atoms with Crippen LogP contribution in [0.2, 0.25) is 0 Å². The third-order valence-corrected chi connectivity index (χ3v) is 8.16. The molecule has 5 nitrogen and oxygen atoms in total. The van der Waals surface area contributed by atoms with Gasteiger partial charge in [-0.3, -0.25) is 9.59 Å². The van der Waals surface area contributed by atoms with Gasteiger partial charge in [-0.15, -0.1) is 6.58 Å². The minimum absolute atomic E-state index is 0.0325. The summed E-state index contributed by atoms with van der Waals surface area (Å²) in [7, 11) is 0. The van der Waals surface area contributed by atoms with Gasteiger partial charge in [0.1, 0.15) is 17.7 Å². The smallest absolute Gasteiger partial charge is 0.181 e. The monoisotopic (exact) mass is 388 g/mol. The Labute approximate surface area is 167 Å². The van der Waals surface area contributed by atoms with Gasteiger partial charge in [-0.05, 0) is 49.4 Å². The Bertz CT molecular complexity index is 697. The third-order valence-electron chi connectivity index (χ3n) is 8.16. The van der Waals surface area contributed by atoms with Crippen molar-refractivity contribution in [1.82, 2.24) is 0 Å². The van der Waals surface area contributed by atoms with E-state index in [0.717, 1.165) is 32.1 Å². The summed E-state index contributed by atoms with van der Waals surface area (Å²) in [6, 6.07) is 0. The predicted molar refractivity (Wildman–Crippen MR) is 104 cm³/mol. The lowest BCUT2D eigenvalue weighted by Crippen LogP contribution is -2.54. The van der Waals surface area contributed by atoms with Gasteiger partial charge >= 0.3 is 0 Å². The van der Waals surface area contributed by atoms with Gasteiger partial charge in [0.05, 0.1) is 6.61 Å². The Morgan fingerprint density at radius 2 is 1.89 bits per heavy atom. The quantitative estimate of drug-likeness (QED) is 0.225. The van der Waals surface area contributed by atoms with E-state index in [2.05, 4.69) is 26.5 Å². The van der Waals surface area contributed by atoms with E-state index in [1.54, 1.807) is 6.08 Å². The number of fused-ring (bicyclic) bond motifs is 5. The normalized spacial score (nSPS) is 42.4. The molecule has 0 aromatic rings. The fourth-order valence-corrected chi connectivity index (χ4v) is 6.52. The summed E-state index contributed by atoms with van der Waals surface area (Å²) in [6.45, 7) is 8.52. The molecule has 0 N–H and O–H groups in total. The van der Waals surface area contributed by atoms with Crippen molar-refractivity contribution < 1.29 is 24.1 Å². The van der Waals surface area contributed by atoms with E-state index in [1.807, 2.05) is 0 Å².